The smallest absolute Gasteiger partial charge is 0.251 e. The van der Waals surface area contributed by atoms with Gasteiger partial charge in [-0.15, -0.1) is 0 Å². The van der Waals surface area contributed by atoms with E-state index in [9.17, 15) is 4.79 Å². The van der Waals surface area contributed by atoms with Crippen molar-refractivity contribution >= 4 is 5.91 Å². The summed E-state index contributed by atoms with van der Waals surface area (Å²) in [5.74, 6) is 0.286. The predicted octanol–water partition coefficient (Wildman–Crippen LogP) is 1.56. The number of rotatable bonds is 2. The predicted molar refractivity (Wildman–Crippen MR) is 51.7 cm³/mol. The van der Waals surface area contributed by atoms with Crippen molar-refractivity contribution in [3.8, 4) is 0 Å². The average Bonchev–Trinajstić information content (AvgIpc) is 2.17. The Hall–Kier alpha value is -1.38. The van der Waals surface area contributed by atoms with Crippen molar-refractivity contribution in [2.45, 2.75) is 19.8 Å². The topological polar surface area (TPSA) is 42.0 Å². The van der Waals surface area contributed by atoms with Gasteiger partial charge in [0, 0.05) is 24.5 Å². The van der Waals surface area contributed by atoms with Gasteiger partial charge in [-0.25, -0.2) is 0 Å². The fraction of sp³-hybridized carbons (Fsp3) is 0.400. The monoisotopic (exact) mass is 178 g/mol. The molecule has 1 aromatic rings. The molecule has 0 aliphatic carbocycles. The second-order valence-corrected chi connectivity index (χ2v) is 3.20. The number of pyridine rings is 1. The normalized spacial score (nSPS) is 10.2. The molecule has 0 fully saturated rings. The zero-order chi connectivity index (χ0) is 9.84. The molecule has 0 aliphatic rings. The van der Waals surface area contributed by atoms with Gasteiger partial charge in [0.1, 0.15) is 0 Å². The summed E-state index contributed by atoms with van der Waals surface area (Å²) in [6, 6.07) is 3.54. The third-order valence-electron chi connectivity index (χ3n) is 1.86. The lowest BCUT2D eigenvalue weighted by Gasteiger charge is -2.05. The third kappa shape index (κ3) is 2.28. The number of carbonyl (C=O) groups is 1. The van der Waals surface area contributed by atoms with Crippen LogP contribution in [0.3, 0.4) is 0 Å². The number of nitrogens with one attached hydrogen (secondary N) is 1. The van der Waals surface area contributed by atoms with Crippen molar-refractivity contribution in [2.75, 3.05) is 7.05 Å². The fourth-order valence-electron chi connectivity index (χ4n) is 1.05. The average molecular weight is 178 g/mol. The van der Waals surface area contributed by atoms with Crippen molar-refractivity contribution < 1.29 is 4.79 Å². The van der Waals surface area contributed by atoms with Crippen LogP contribution in [0.25, 0.3) is 0 Å². The number of aromatic nitrogens is 1. The standard InChI is InChI=1S/C10H14N2O/c1-7(2)9-6-8(4-5-12-9)10(13)11-3/h4-7H,1-3H3,(H,11,13). The van der Waals surface area contributed by atoms with E-state index < -0.39 is 0 Å². The third-order valence-corrected chi connectivity index (χ3v) is 1.86. The van der Waals surface area contributed by atoms with E-state index in [2.05, 4.69) is 24.1 Å². The molecule has 1 amide bonds. The molecule has 13 heavy (non-hydrogen) atoms. The maximum Gasteiger partial charge on any atom is 0.251 e. The SMILES string of the molecule is CNC(=O)c1ccnc(C(C)C)c1. The van der Waals surface area contributed by atoms with Gasteiger partial charge in [-0.2, -0.15) is 0 Å². The summed E-state index contributed by atoms with van der Waals surface area (Å²) >= 11 is 0. The van der Waals surface area contributed by atoms with Crippen molar-refractivity contribution in [1.29, 1.82) is 0 Å². The molecule has 1 N–H and O–H groups in total. The summed E-state index contributed by atoms with van der Waals surface area (Å²) in [5.41, 5.74) is 1.61. The number of nitrogens with zero attached hydrogens (tertiary/aromatic N) is 1. The van der Waals surface area contributed by atoms with Crippen molar-refractivity contribution in [1.82, 2.24) is 10.3 Å². The van der Waals surface area contributed by atoms with Gasteiger partial charge in [0.2, 0.25) is 0 Å². The van der Waals surface area contributed by atoms with Crippen molar-refractivity contribution in [3.05, 3.63) is 29.6 Å². The summed E-state index contributed by atoms with van der Waals surface area (Å²) in [4.78, 5) is 15.4. The maximum atomic E-state index is 11.2. The number of hydrogen-bond acceptors (Lipinski definition) is 2. The summed E-state index contributed by atoms with van der Waals surface area (Å²) in [5, 5.41) is 2.58. The highest BCUT2D eigenvalue weighted by molar-refractivity contribution is 5.93. The van der Waals surface area contributed by atoms with Crippen LogP contribution in [0.5, 0.6) is 0 Å². The molecule has 0 atom stereocenters. The lowest BCUT2D eigenvalue weighted by Crippen LogP contribution is -2.18. The Morgan fingerprint density at radius 2 is 2.23 bits per heavy atom. The molecule has 70 valence electrons. The zero-order valence-corrected chi connectivity index (χ0v) is 8.16. The van der Waals surface area contributed by atoms with Crippen molar-refractivity contribution in [3.63, 3.8) is 0 Å². The van der Waals surface area contributed by atoms with Gasteiger partial charge in [0.25, 0.3) is 5.91 Å². The van der Waals surface area contributed by atoms with Crippen LogP contribution < -0.4 is 5.32 Å². The van der Waals surface area contributed by atoms with E-state index >= 15 is 0 Å². The van der Waals surface area contributed by atoms with Crippen LogP contribution in [0.4, 0.5) is 0 Å². The first kappa shape index (κ1) is 9.71. The Morgan fingerprint density at radius 3 is 2.77 bits per heavy atom. The fourth-order valence-corrected chi connectivity index (χ4v) is 1.05. The van der Waals surface area contributed by atoms with E-state index in [1.54, 1.807) is 19.3 Å². The quantitative estimate of drug-likeness (QED) is 0.746. The summed E-state index contributed by atoms with van der Waals surface area (Å²) < 4.78 is 0. The second-order valence-electron chi connectivity index (χ2n) is 3.20. The van der Waals surface area contributed by atoms with E-state index in [0.717, 1.165) is 5.69 Å². The minimum Gasteiger partial charge on any atom is -0.355 e. The molecule has 0 bridgehead atoms. The molecule has 3 heteroatoms. The van der Waals surface area contributed by atoms with Gasteiger partial charge >= 0.3 is 0 Å². The van der Waals surface area contributed by atoms with Crippen LogP contribution in [0.15, 0.2) is 18.3 Å². The number of carbonyl (C=O) groups excluding carboxylic acids is 1. The molecule has 1 aromatic heterocycles. The van der Waals surface area contributed by atoms with Gasteiger partial charge in [-0.3, -0.25) is 9.78 Å². The van der Waals surface area contributed by atoms with Crippen LogP contribution in [0.1, 0.15) is 35.8 Å². The Morgan fingerprint density at radius 1 is 1.54 bits per heavy atom. The Bertz CT molecular complexity index is 308. The largest absolute Gasteiger partial charge is 0.355 e. The van der Waals surface area contributed by atoms with Crippen LogP contribution >= 0.6 is 0 Å². The van der Waals surface area contributed by atoms with Gasteiger partial charge in [-0.1, -0.05) is 13.8 Å². The van der Waals surface area contributed by atoms with Crippen molar-refractivity contribution in [2.24, 2.45) is 0 Å². The molecule has 0 saturated heterocycles. The molecule has 0 spiro atoms. The Labute approximate surface area is 78.2 Å². The Balaban J connectivity index is 2.98. The van der Waals surface area contributed by atoms with Crippen LogP contribution in [-0.2, 0) is 0 Å². The highest BCUT2D eigenvalue weighted by Gasteiger charge is 2.06. The minimum absolute atomic E-state index is 0.0655. The zero-order valence-electron chi connectivity index (χ0n) is 8.16. The van der Waals surface area contributed by atoms with Gasteiger partial charge in [-0.05, 0) is 18.1 Å². The van der Waals surface area contributed by atoms with Gasteiger partial charge in [0.15, 0.2) is 0 Å². The molecule has 0 aliphatic heterocycles. The van der Waals surface area contributed by atoms with E-state index in [1.165, 1.54) is 0 Å². The summed E-state index contributed by atoms with van der Waals surface area (Å²) in [7, 11) is 1.62. The number of hydrogen-bond donors (Lipinski definition) is 1. The molecule has 1 heterocycles. The van der Waals surface area contributed by atoms with Gasteiger partial charge in [0.05, 0.1) is 0 Å². The lowest BCUT2D eigenvalue weighted by atomic mass is 10.1. The van der Waals surface area contributed by atoms with Crippen LogP contribution in [0, 0.1) is 0 Å². The molecule has 0 aromatic carbocycles. The first-order chi connectivity index (χ1) is 6.15. The maximum absolute atomic E-state index is 11.2. The summed E-state index contributed by atoms with van der Waals surface area (Å²) in [6.45, 7) is 4.10. The van der Waals surface area contributed by atoms with E-state index in [1.807, 2.05) is 6.07 Å². The second kappa shape index (κ2) is 4.03. The first-order valence-electron chi connectivity index (χ1n) is 4.33. The van der Waals surface area contributed by atoms with E-state index in [0.29, 0.717) is 11.5 Å². The highest BCUT2D eigenvalue weighted by Crippen LogP contribution is 2.12. The molecule has 1 rings (SSSR count). The van der Waals surface area contributed by atoms with E-state index in [-0.39, 0.29) is 5.91 Å². The van der Waals surface area contributed by atoms with Crippen LogP contribution in [0.2, 0.25) is 0 Å². The lowest BCUT2D eigenvalue weighted by molar-refractivity contribution is 0.0963. The highest BCUT2D eigenvalue weighted by atomic mass is 16.1. The number of amides is 1. The molecule has 0 unspecified atom stereocenters. The van der Waals surface area contributed by atoms with E-state index in [4.69, 9.17) is 0 Å². The first-order valence-corrected chi connectivity index (χ1v) is 4.33. The molecular formula is C10H14N2O. The molecular weight excluding hydrogens is 164 g/mol. The molecule has 3 nitrogen and oxygen atoms in total. The molecule has 0 radical (unpaired) electrons. The Kier molecular flexibility index (Phi) is 3.01. The van der Waals surface area contributed by atoms with Crippen LogP contribution in [-0.4, -0.2) is 17.9 Å². The summed E-state index contributed by atoms with van der Waals surface area (Å²) in [6.07, 6.45) is 1.67. The van der Waals surface area contributed by atoms with Gasteiger partial charge < -0.3 is 5.32 Å². The minimum atomic E-state index is -0.0655. The molecule has 0 saturated carbocycles.